The number of hydrogen-bond acceptors (Lipinski definition) is 2. The highest BCUT2D eigenvalue weighted by atomic mass is 15.1. The smallest absolute Gasteiger partial charge is 0.0555 e. The summed E-state index contributed by atoms with van der Waals surface area (Å²) >= 11 is 0. The van der Waals surface area contributed by atoms with Gasteiger partial charge in [0.15, 0.2) is 0 Å². The van der Waals surface area contributed by atoms with Gasteiger partial charge in [-0.3, -0.25) is 4.90 Å². The largest absolute Gasteiger partial charge is 0.320 e. The van der Waals surface area contributed by atoms with Gasteiger partial charge in [-0.2, -0.15) is 0 Å². The van der Waals surface area contributed by atoms with Gasteiger partial charge in [-0.15, -0.1) is 0 Å². The van der Waals surface area contributed by atoms with Crippen molar-refractivity contribution in [3.05, 3.63) is 35.4 Å². The van der Waals surface area contributed by atoms with Gasteiger partial charge in [0.25, 0.3) is 0 Å². The highest BCUT2D eigenvalue weighted by molar-refractivity contribution is 5.41. The Bertz CT molecular complexity index is 452. The van der Waals surface area contributed by atoms with Crippen LogP contribution in [-0.4, -0.2) is 24.5 Å². The van der Waals surface area contributed by atoms with Crippen molar-refractivity contribution in [3.63, 3.8) is 0 Å². The van der Waals surface area contributed by atoms with Crippen LogP contribution in [0.2, 0.25) is 0 Å². The van der Waals surface area contributed by atoms with Crippen molar-refractivity contribution in [3.8, 4) is 11.8 Å². The van der Waals surface area contributed by atoms with Crippen LogP contribution in [0.1, 0.15) is 30.9 Å². The van der Waals surface area contributed by atoms with Crippen molar-refractivity contribution in [2.75, 3.05) is 13.6 Å². The fraction of sp³-hybridized carbons (Fsp3) is 0.500. The summed E-state index contributed by atoms with van der Waals surface area (Å²) in [6.45, 7) is 3.71. The van der Waals surface area contributed by atoms with E-state index in [1.807, 2.05) is 6.07 Å². The maximum atomic E-state index is 5.44. The van der Waals surface area contributed by atoms with Crippen LogP contribution in [0.3, 0.4) is 0 Å². The molecule has 0 bridgehead atoms. The number of nitrogens with zero attached hydrogens (tertiary/aromatic N) is 1. The number of benzene rings is 1. The van der Waals surface area contributed by atoms with Crippen LogP contribution in [-0.2, 0) is 6.54 Å². The Balaban J connectivity index is 2.07. The van der Waals surface area contributed by atoms with Crippen molar-refractivity contribution < 1.29 is 0 Å². The van der Waals surface area contributed by atoms with Gasteiger partial charge in [-0.05, 0) is 44.4 Å². The molecule has 0 spiro atoms. The highest BCUT2D eigenvalue weighted by Crippen LogP contribution is 2.35. The molecule has 0 radical (unpaired) electrons. The zero-order chi connectivity index (χ0) is 13.0. The molecule has 1 aromatic rings. The predicted octanol–water partition coefficient (Wildman–Crippen LogP) is 2.23. The average molecular weight is 242 g/mol. The van der Waals surface area contributed by atoms with Gasteiger partial charge in [0.2, 0.25) is 0 Å². The summed E-state index contributed by atoms with van der Waals surface area (Å²) in [7, 11) is 2.20. The summed E-state index contributed by atoms with van der Waals surface area (Å²) in [6, 6.07) is 9.03. The van der Waals surface area contributed by atoms with Gasteiger partial charge in [0.05, 0.1) is 6.54 Å². The van der Waals surface area contributed by atoms with E-state index >= 15 is 0 Å². The van der Waals surface area contributed by atoms with Gasteiger partial charge >= 0.3 is 0 Å². The predicted molar refractivity (Wildman–Crippen MR) is 76.0 cm³/mol. The molecule has 2 rings (SSSR count). The third-order valence-corrected chi connectivity index (χ3v) is 3.76. The van der Waals surface area contributed by atoms with E-state index < -0.39 is 0 Å². The minimum absolute atomic E-state index is 0.419. The van der Waals surface area contributed by atoms with Crippen molar-refractivity contribution in [1.82, 2.24) is 4.90 Å². The standard InChI is InChI=1S/C16H22N2/c1-13(14-9-10-14)18(2)12-16-7-4-3-6-15(16)8-5-11-17/h3-4,6-7,13-14H,9-12,17H2,1-2H3. The Labute approximate surface area is 110 Å². The molecule has 2 heteroatoms. The lowest BCUT2D eigenvalue weighted by molar-refractivity contribution is 0.226. The van der Waals surface area contributed by atoms with E-state index in [2.05, 4.69) is 48.9 Å². The van der Waals surface area contributed by atoms with Crippen molar-refractivity contribution in [2.24, 2.45) is 11.7 Å². The van der Waals surface area contributed by atoms with Gasteiger partial charge in [-0.1, -0.05) is 30.0 Å². The zero-order valence-electron chi connectivity index (χ0n) is 11.3. The Morgan fingerprint density at radius 3 is 2.78 bits per heavy atom. The van der Waals surface area contributed by atoms with Crippen molar-refractivity contribution in [2.45, 2.75) is 32.4 Å². The Morgan fingerprint density at radius 2 is 2.11 bits per heavy atom. The highest BCUT2D eigenvalue weighted by Gasteiger charge is 2.30. The van der Waals surface area contributed by atoms with Crippen LogP contribution < -0.4 is 5.73 Å². The first kappa shape index (κ1) is 13.1. The number of rotatable bonds is 4. The van der Waals surface area contributed by atoms with Crippen LogP contribution >= 0.6 is 0 Å². The number of nitrogens with two attached hydrogens (primary N) is 1. The van der Waals surface area contributed by atoms with Crippen LogP contribution in [0.15, 0.2) is 24.3 Å². The van der Waals surface area contributed by atoms with E-state index in [1.165, 1.54) is 18.4 Å². The molecule has 1 aromatic carbocycles. The molecule has 1 fully saturated rings. The SMILES string of the molecule is CC(C1CC1)N(C)Cc1ccccc1C#CCN. The first-order valence-corrected chi connectivity index (χ1v) is 6.69. The molecule has 2 N–H and O–H groups in total. The van der Waals surface area contributed by atoms with Crippen LogP contribution in [0.4, 0.5) is 0 Å². The molecule has 0 saturated heterocycles. The third kappa shape index (κ3) is 3.35. The van der Waals surface area contributed by atoms with Gasteiger partial charge in [0.1, 0.15) is 0 Å². The van der Waals surface area contributed by atoms with E-state index in [1.54, 1.807) is 0 Å². The Morgan fingerprint density at radius 1 is 1.39 bits per heavy atom. The van der Waals surface area contributed by atoms with E-state index in [0.717, 1.165) is 18.0 Å². The molecular formula is C16H22N2. The summed E-state index contributed by atoms with van der Waals surface area (Å²) in [6.07, 6.45) is 2.78. The summed E-state index contributed by atoms with van der Waals surface area (Å²) in [5, 5.41) is 0. The van der Waals surface area contributed by atoms with E-state index in [4.69, 9.17) is 5.73 Å². The first-order valence-electron chi connectivity index (χ1n) is 6.69. The lowest BCUT2D eigenvalue weighted by Gasteiger charge is -2.25. The van der Waals surface area contributed by atoms with Crippen LogP contribution in [0, 0.1) is 17.8 Å². The molecule has 18 heavy (non-hydrogen) atoms. The average Bonchev–Trinajstić information content (AvgIpc) is 3.21. The van der Waals surface area contributed by atoms with Gasteiger partial charge in [0, 0.05) is 18.2 Å². The summed E-state index contributed by atoms with van der Waals surface area (Å²) in [4.78, 5) is 2.43. The fourth-order valence-corrected chi connectivity index (χ4v) is 2.28. The maximum Gasteiger partial charge on any atom is 0.0555 e. The molecule has 0 aromatic heterocycles. The zero-order valence-corrected chi connectivity index (χ0v) is 11.3. The summed E-state index contributed by atoms with van der Waals surface area (Å²) in [5.74, 6) is 7.00. The summed E-state index contributed by atoms with van der Waals surface area (Å²) in [5.41, 5.74) is 7.85. The number of hydrogen-bond donors (Lipinski definition) is 1. The molecule has 1 atom stereocenters. The maximum absolute atomic E-state index is 5.44. The minimum Gasteiger partial charge on any atom is -0.320 e. The van der Waals surface area contributed by atoms with Gasteiger partial charge < -0.3 is 5.73 Å². The van der Waals surface area contributed by atoms with E-state index in [0.29, 0.717) is 12.6 Å². The quantitative estimate of drug-likeness (QED) is 0.820. The molecule has 0 amide bonds. The Kier molecular flexibility index (Phi) is 4.41. The summed E-state index contributed by atoms with van der Waals surface area (Å²) < 4.78 is 0. The Hall–Kier alpha value is -1.30. The molecule has 1 aliphatic rings. The molecule has 0 heterocycles. The minimum atomic E-state index is 0.419. The normalized spacial score (nSPS) is 16.2. The van der Waals surface area contributed by atoms with Crippen molar-refractivity contribution in [1.29, 1.82) is 0 Å². The van der Waals surface area contributed by atoms with Gasteiger partial charge in [-0.25, -0.2) is 0 Å². The molecule has 2 nitrogen and oxygen atoms in total. The molecule has 1 aliphatic carbocycles. The molecule has 0 aliphatic heterocycles. The molecule has 1 unspecified atom stereocenters. The van der Waals surface area contributed by atoms with Crippen LogP contribution in [0.25, 0.3) is 0 Å². The second-order valence-corrected chi connectivity index (χ2v) is 5.16. The first-order chi connectivity index (χ1) is 8.72. The second kappa shape index (κ2) is 6.04. The fourth-order valence-electron chi connectivity index (χ4n) is 2.28. The lowest BCUT2D eigenvalue weighted by Crippen LogP contribution is -2.30. The second-order valence-electron chi connectivity index (χ2n) is 5.16. The topological polar surface area (TPSA) is 29.3 Å². The molecule has 96 valence electrons. The van der Waals surface area contributed by atoms with E-state index in [-0.39, 0.29) is 0 Å². The van der Waals surface area contributed by atoms with E-state index in [9.17, 15) is 0 Å². The van der Waals surface area contributed by atoms with Crippen LogP contribution in [0.5, 0.6) is 0 Å². The lowest BCUT2D eigenvalue weighted by atomic mass is 10.1. The third-order valence-electron chi connectivity index (χ3n) is 3.76. The van der Waals surface area contributed by atoms with Crippen molar-refractivity contribution >= 4 is 0 Å². The molecular weight excluding hydrogens is 220 g/mol. The molecule has 1 saturated carbocycles. The monoisotopic (exact) mass is 242 g/mol.